The standard InChI is InChI=1S/C17H16ClN3O2S/c1-21(2)11-12(10-19)14-5-3-4-6-15(14)16-8-7-13(9-17(16)18)24(20,22)23/h3-9,11H,1-2H3,(H2,20,22,23). The Balaban J connectivity index is 2.66. The predicted molar refractivity (Wildman–Crippen MR) is 95.5 cm³/mol. The van der Waals surface area contributed by atoms with E-state index in [4.69, 9.17) is 16.7 Å². The lowest BCUT2D eigenvalue weighted by atomic mass is 9.95. The van der Waals surface area contributed by atoms with E-state index in [0.717, 1.165) is 5.56 Å². The third-order valence-electron chi connectivity index (χ3n) is 3.28. The Kier molecular flexibility index (Phi) is 5.30. The first-order valence-corrected chi connectivity index (χ1v) is 8.87. The number of nitrogens with zero attached hydrogens (tertiary/aromatic N) is 2. The average Bonchev–Trinajstić information content (AvgIpc) is 2.51. The fourth-order valence-corrected chi connectivity index (χ4v) is 3.15. The molecule has 5 nitrogen and oxygen atoms in total. The van der Waals surface area contributed by atoms with Crippen molar-refractivity contribution in [2.24, 2.45) is 5.14 Å². The van der Waals surface area contributed by atoms with Crippen LogP contribution < -0.4 is 5.14 Å². The number of primary sulfonamides is 1. The van der Waals surface area contributed by atoms with Gasteiger partial charge in [-0.15, -0.1) is 0 Å². The largest absolute Gasteiger partial charge is 0.382 e. The number of rotatable bonds is 4. The summed E-state index contributed by atoms with van der Waals surface area (Å²) >= 11 is 6.26. The van der Waals surface area contributed by atoms with Crippen LogP contribution in [-0.4, -0.2) is 27.4 Å². The van der Waals surface area contributed by atoms with Gasteiger partial charge in [0.05, 0.1) is 10.5 Å². The highest BCUT2D eigenvalue weighted by Gasteiger charge is 2.15. The molecule has 0 unspecified atom stereocenters. The third kappa shape index (κ3) is 3.95. The Labute approximate surface area is 146 Å². The molecule has 2 rings (SSSR count). The van der Waals surface area contributed by atoms with E-state index in [0.29, 0.717) is 16.7 Å². The number of hydrogen-bond acceptors (Lipinski definition) is 4. The molecule has 0 aliphatic heterocycles. The first kappa shape index (κ1) is 18.0. The molecule has 0 amide bonds. The maximum Gasteiger partial charge on any atom is 0.238 e. The second-order valence-corrected chi connectivity index (χ2v) is 7.32. The number of nitriles is 1. The summed E-state index contributed by atoms with van der Waals surface area (Å²) in [5.74, 6) is 0. The SMILES string of the molecule is CN(C)C=C(C#N)c1ccccc1-c1ccc(S(N)(=O)=O)cc1Cl. The maximum atomic E-state index is 11.4. The Morgan fingerprint density at radius 2 is 1.88 bits per heavy atom. The number of nitrogens with two attached hydrogens (primary N) is 1. The van der Waals surface area contributed by atoms with E-state index in [1.54, 1.807) is 17.2 Å². The van der Waals surface area contributed by atoms with Gasteiger partial charge in [0.25, 0.3) is 0 Å². The van der Waals surface area contributed by atoms with E-state index in [1.165, 1.54) is 12.1 Å². The van der Waals surface area contributed by atoms with Gasteiger partial charge in [0, 0.05) is 36.4 Å². The van der Waals surface area contributed by atoms with Crippen LogP contribution in [0.1, 0.15) is 5.56 Å². The quantitative estimate of drug-likeness (QED) is 0.847. The zero-order chi connectivity index (χ0) is 17.9. The van der Waals surface area contributed by atoms with Gasteiger partial charge in [-0.05, 0) is 17.7 Å². The molecular weight excluding hydrogens is 346 g/mol. The van der Waals surface area contributed by atoms with Gasteiger partial charge in [0.1, 0.15) is 6.07 Å². The van der Waals surface area contributed by atoms with Crippen LogP contribution in [0.5, 0.6) is 0 Å². The molecule has 0 radical (unpaired) electrons. The maximum absolute atomic E-state index is 11.4. The Morgan fingerprint density at radius 3 is 2.42 bits per heavy atom. The molecule has 2 aromatic rings. The molecule has 7 heteroatoms. The van der Waals surface area contributed by atoms with Crippen molar-refractivity contribution in [2.75, 3.05) is 14.1 Å². The normalized spacial score (nSPS) is 11.9. The summed E-state index contributed by atoms with van der Waals surface area (Å²) < 4.78 is 22.9. The molecule has 2 N–H and O–H groups in total. The second kappa shape index (κ2) is 7.05. The van der Waals surface area contributed by atoms with Gasteiger partial charge in [-0.2, -0.15) is 5.26 Å². The van der Waals surface area contributed by atoms with Crippen molar-refractivity contribution in [3.8, 4) is 17.2 Å². The van der Waals surface area contributed by atoms with Gasteiger partial charge >= 0.3 is 0 Å². The van der Waals surface area contributed by atoms with Crippen molar-refractivity contribution in [1.82, 2.24) is 4.90 Å². The van der Waals surface area contributed by atoms with Crippen molar-refractivity contribution in [2.45, 2.75) is 4.90 Å². The topological polar surface area (TPSA) is 87.2 Å². The highest BCUT2D eigenvalue weighted by atomic mass is 35.5. The second-order valence-electron chi connectivity index (χ2n) is 5.35. The summed E-state index contributed by atoms with van der Waals surface area (Å²) in [5, 5.41) is 14.8. The highest BCUT2D eigenvalue weighted by molar-refractivity contribution is 7.89. The summed E-state index contributed by atoms with van der Waals surface area (Å²) in [4.78, 5) is 1.72. The van der Waals surface area contributed by atoms with Crippen LogP contribution >= 0.6 is 11.6 Å². The zero-order valence-electron chi connectivity index (χ0n) is 13.2. The summed E-state index contributed by atoms with van der Waals surface area (Å²) in [6.07, 6.45) is 1.71. The van der Waals surface area contributed by atoms with Crippen molar-refractivity contribution in [3.63, 3.8) is 0 Å². The molecule has 0 aliphatic rings. The molecule has 0 aromatic heterocycles. The molecule has 0 fully saturated rings. The molecule has 2 aromatic carbocycles. The van der Waals surface area contributed by atoms with Crippen LogP contribution in [0.2, 0.25) is 5.02 Å². The third-order valence-corrected chi connectivity index (χ3v) is 4.51. The van der Waals surface area contributed by atoms with Gasteiger partial charge in [-0.25, -0.2) is 13.6 Å². The number of hydrogen-bond donors (Lipinski definition) is 1. The highest BCUT2D eigenvalue weighted by Crippen LogP contribution is 2.34. The minimum absolute atomic E-state index is 0.0573. The molecule has 24 heavy (non-hydrogen) atoms. The number of benzene rings is 2. The van der Waals surface area contributed by atoms with Crippen molar-refractivity contribution in [1.29, 1.82) is 5.26 Å². The molecule has 0 spiro atoms. The van der Waals surface area contributed by atoms with E-state index in [9.17, 15) is 13.7 Å². The minimum atomic E-state index is -3.83. The van der Waals surface area contributed by atoms with E-state index >= 15 is 0 Å². The van der Waals surface area contributed by atoms with E-state index < -0.39 is 10.0 Å². The van der Waals surface area contributed by atoms with Crippen LogP contribution in [0.3, 0.4) is 0 Å². The smallest absolute Gasteiger partial charge is 0.238 e. The summed E-state index contributed by atoms with van der Waals surface area (Å²) in [7, 11) is -0.172. The van der Waals surface area contributed by atoms with Crippen molar-refractivity contribution < 1.29 is 8.42 Å². The van der Waals surface area contributed by atoms with E-state index in [2.05, 4.69) is 6.07 Å². The Morgan fingerprint density at radius 1 is 1.21 bits per heavy atom. The number of sulfonamides is 1. The fourth-order valence-electron chi connectivity index (χ4n) is 2.26. The van der Waals surface area contributed by atoms with Gasteiger partial charge in [0.15, 0.2) is 0 Å². The molecule has 0 atom stereocenters. The number of allylic oxidation sites excluding steroid dienone is 1. The van der Waals surface area contributed by atoms with Crippen LogP contribution in [0, 0.1) is 11.3 Å². The van der Waals surface area contributed by atoms with Gasteiger partial charge in [-0.1, -0.05) is 41.9 Å². The van der Waals surface area contributed by atoms with Crippen LogP contribution in [0.15, 0.2) is 53.6 Å². The predicted octanol–water partition coefficient (Wildman–Crippen LogP) is 3.08. The lowest BCUT2D eigenvalue weighted by Gasteiger charge is -2.13. The van der Waals surface area contributed by atoms with Crippen LogP contribution in [-0.2, 0) is 10.0 Å². The molecular formula is C17H16ClN3O2S. The molecule has 124 valence electrons. The van der Waals surface area contributed by atoms with Crippen molar-refractivity contribution >= 4 is 27.2 Å². The lowest BCUT2D eigenvalue weighted by molar-refractivity contribution is 0.566. The molecule has 0 heterocycles. The van der Waals surface area contributed by atoms with Crippen LogP contribution in [0.4, 0.5) is 0 Å². The van der Waals surface area contributed by atoms with Crippen LogP contribution in [0.25, 0.3) is 16.7 Å². The first-order valence-electron chi connectivity index (χ1n) is 6.94. The van der Waals surface area contributed by atoms with Crippen molar-refractivity contribution in [3.05, 3.63) is 59.3 Å². The fraction of sp³-hybridized carbons (Fsp3) is 0.118. The molecule has 0 saturated carbocycles. The molecule has 0 bridgehead atoms. The lowest BCUT2D eigenvalue weighted by Crippen LogP contribution is -2.12. The Hall–Kier alpha value is -2.33. The Bertz CT molecular complexity index is 945. The average molecular weight is 362 g/mol. The summed E-state index contributed by atoms with van der Waals surface area (Å²) in [5.41, 5.74) is 2.54. The molecule has 0 saturated heterocycles. The van der Waals surface area contributed by atoms with Gasteiger partial charge < -0.3 is 4.90 Å². The monoisotopic (exact) mass is 361 g/mol. The van der Waals surface area contributed by atoms with Gasteiger partial charge in [0.2, 0.25) is 10.0 Å². The minimum Gasteiger partial charge on any atom is -0.382 e. The summed E-state index contributed by atoms with van der Waals surface area (Å²) in [6.45, 7) is 0. The van der Waals surface area contributed by atoms with E-state index in [1.807, 2.05) is 38.4 Å². The molecule has 0 aliphatic carbocycles. The summed E-state index contributed by atoms with van der Waals surface area (Å²) in [6, 6.07) is 13.8. The first-order chi connectivity index (χ1) is 11.2. The zero-order valence-corrected chi connectivity index (χ0v) is 14.8. The van der Waals surface area contributed by atoms with E-state index in [-0.39, 0.29) is 9.92 Å². The number of halogens is 1. The van der Waals surface area contributed by atoms with Gasteiger partial charge in [-0.3, -0.25) is 0 Å².